The first-order chi connectivity index (χ1) is 6.63. The standard InChI is InChI=1S/C9H13ClN2O2/c1-7-5-8(11-14-7)6-12(2)9(13)3-4-10/h5H,3-4,6H2,1-2H3. The number of hydrogen-bond donors (Lipinski definition) is 0. The number of aromatic nitrogens is 1. The molecule has 1 aromatic rings. The molecule has 1 aromatic heterocycles. The number of halogens is 1. The first-order valence-corrected chi connectivity index (χ1v) is 4.89. The van der Waals surface area contributed by atoms with Crippen molar-refractivity contribution in [2.45, 2.75) is 19.9 Å². The fourth-order valence-electron chi connectivity index (χ4n) is 1.10. The maximum Gasteiger partial charge on any atom is 0.223 e. The van der Waals surface area contributed by atoms with Crippen LogP contribution in [0.2, 0.25) is 0 Å². The van der Waals surface area contributed by atoms with Gasteiger partial charge in [0.05, 0.1) is 6.54 Å². The first-order valence-electron chi connectivity index (χ1n) is 4.35. The number of carbonyl (C=O) groups is 1. The summed E-state index contributed by atoms with van der Waals surface area (Å²) in [4.78, 5) is 12.9. The lowest BCUT2D eigenvalue weighted by atomic mass is 10.3. The Morgan fingerprint density at radius 2 is 2.43 bits per heavy atom. The lowest BCUT2D eigenvalue weighted by molar-refractivity contribution is -0.130. The van der Waals surface area contributed by atoms with E-state index in [-0.39, 0.29) is 5.91 Å². The molecule has 78 valence electrons. The molecule has 0 saturated heterocycles. The van der Waals surface area contributed by atoms with Crippen LogP contribution >= 0.6 is 11.6 Å². The van der Waals surface area contributed by atoms with E-state index in [4.69, 9.17) is 16.1 Å². The quantitative estimate of drug-likeness (QED) is 0.718. The third-order valence-corrected chi connectivity index (χ3v) is 2.00. The van der Waals surface area contributed by atoms with Crippen molar-refractivity contribution in [1.82, 2.24) is 10.1 Å². The van der Waals surface area contributed by atoms with Gasteiger partial charge in [0.15, 0.2) is 0 Å². The molecule has 4 nitrogen and oxygen atoms in total. The molecule has 0 bridgehead atoms. The normalized spacial score (nSPS) is 10.2. The van der Waals surface area contributed by atoms with E-state index < -0.39 is 0 Å². The van der Waals surface area contributed by atoms with E-state index in [0.717, 1.165) is 11.5 Å². The Balaban J connectivity index is 2.48. The molecule has 0 saturated carbocycles. The topological polar surface area (TPSA) is 46.3 Å². The van der Waals surface area contributed by atoms with Gasteiger partial charge < -0.3 is 9.42 Å². The van der Waals surface area contributed by atoms with Gasteiger partial charge in [-0.15, -0.1) is 11.6 Å². The molecule has 5 heteroatoms. The van der Waals surface area contributed by atoms with Crippen molar-refractivity contribution >= 4 is 17.5 Å². The zero-order valence-electron chi connectivity index (χ0n) is 8.29. The molecular weight excluding hydrogens is 204 g/mol. The zero-order chi connectivity index (χ0) is 10.6. The van der Waals surface area contributed by atoms with E-state index in [0.29, 0.717) is 18.8 Å². The van der Waals surface area contributed by atoms with Crippen LogP contribution in [0.15, 0.2) is 10.6 Å². The Morgan fingerprint density at radius 1 is 1.71 bits per heavy atom. The minimum Gasteiger partial charge on any atom is -0.361 e. The molecule has 0 aliphatic rings. The van der Waals surface area contributed by atoms with Crippen molar-refractivity contribution in [2.24, 2.45) is 0 Å². The number of alkyl halides is 1. The molecule has 0 spiro atoms. The third-order valence-electron chi connectivity index (χ3n) is 1.81. The van der Waals surface area contributed by atoms with Crippen molar-refractivity contribution in [1.29, 1.82) is 0 Å². The average molecular weight is 217 g/mol. The zero-order valence-corrected chi connectivity index (χ0v) is 9.04. The summed E-state index contributed by atoms with van der Waals surface area (Å²) >= 11 is 5.47. The van der Waals surface area contributed by atoms with Crippen LogP contribution in [0.3, 0.4) is 0 Å². The van der Waals surface area contributed by atoms with Crippen LogP contribution < -0.4 is 0 Å². The van der Waals surface area contributed by atoms with Crippen LogP contribution in [0.25, 0.3) is 0 Å². The van der Waals surface area contributed by atoms with Gasteiger partial charge in [0.25, 0.3) is 0 Å². The predicted molar refractivity (Wildman–Crippen MR) is 53.1 cm³/mol. The summed E-state index contributed by atoms with van der Waals surface area (Å²) in [5.74, 6) is 1.11. The van der Waals surface area contributed by atoms with Crippen LogP contribution in [-0.4, -0.2) is 28.9 Å². The number of carbonyl (C=O) groups excluding carboxylic acids is 1. The smallest absolute Gasteiger partial charge is 0.223 e. The van der Waals surface area contributed by atoms with Crippen LogP contribution in [-0.2, 0) is 11.3 Å². The summed E-state index contributed by atoms with van der Waals surface area (Å²) < 4.78 is 4.89. The molecule has 0 fully saturated rings. The Kier molecular flexibility index (Phi) is 3.95. The molecule has 0 unspecified atom stereocenters. The van der Waals surface area contributed by atoms with Crippen LogP contribution in [0.4, 0.5) is 0 Å². The molecule has 0 N–H and O–H groups in total. The van der Waals surface area contributed by atoms with E-state index in [9.17, 15) is 4.79 Å². The summed E-state index contributed by atoms with van der Waals surface area (Å²) in [6.45, 7) is 2.28. The second-order valence-corrected chi connectivity index (χ2v) is 3.50. The highest BCUT2D eigenvalue weighted by Gasteiger charge is 2.10. The number of hydrogen-bond acceptors (Lipinski definition) is 3. The van der Waals surface area contributed by atoms with Gasteiger partial charge in [-0.05, 0) is 6.92 Å². The molecule has 0 aromatic carbocycles. The second-order valence-electron chi connectivity index (χ2n) is 3.12. The van der Waals surface area contributed by atoms with Crippen molar-refractivity contribution in [3.8, 4) is 0 Å². The summed E-state index contributed by atoms with van der Waals surface area (Å²) in [5.41, 5.74) is 0.757. The van der Waals surface area contributed by atoms with Gasteiger partial charge in [-0.2, -0.15) is 0 Å². The summed E-state index contributed by atoms with van der Waals surface area (Å²) in [6.07, 6.45) is 0.356. The molecule has 0 aliphatic carbocycles. The summed E-state index contributed by atoms with van der Waals surface area (Å²) in [7, 11) is 1.72. The maximum atomic E-state index is 11.3. The van der Waals surface area contributed by atoms with E-state index >= 15 is 0 Å². The van der Waals surface area contributed by atoms with Crippen molar-refractivity contribution < 1.29 is 9.32 Å². The third kappa shape index (κ3) is 3.03. The van der Waals surface area contributed by atoms with E-state index in [1.165, 1.54) is 0 Å². The Bertz CT molecular complexity index is 312. The second kappa shape index (κ2) is 5.00. The van der Waals surface area contributed by atoms with Gasteiger partial charge in [-0.25, -0.2) is 0 Å². The molecule has 0 aliphatic heterocycles. The number of amides is 1. The van der Waals surface area contributed by atoms with Gasteiger partial charge >= 0.3 is 0 Å². The number of rotatable bonds is 4. The average Bonchev–Trinajstić information content (AvgIpc) is 2.51. The number of aryl methyl sites for hydroxylation is 1. The monoisotopic (exact) mass is 216 g/mol. The van der Waals surface area contributed by atoms with Gasteiger partial charge in [0, 0.05) is 25.4 Å². The van der Waals surface area contributed by atoms with Gasteiger partial charge in [-0.3, -0.25) is 4.79 Å². The predicted octanol–water partition coefficient (Wildman–Crippen LogP) is 1.57. The van der Waals surface area contributed by atoms with E-state index in [1.54, 1.807) is 11.9 Å². The highest BCUT2D eigenvalue weighted by molar-refractivity contribution is 6.18. The van der Waals surface area contributed by atoms with Crippen LogP contribution in [0.5, 0.6) is 0 Å². The minimum atomic E-state index is 0.0145. The maximum absolute atomic E-state index is 11.3. The van der Waals surface area contributed by atoms with Crippen molar-refractivity contribution in [2.75, 3.05) is 12.9 Å². The summed E-state index contributed by atoms with van der Waals surface area (Å²) in [6, 6.07) is 1.81. The molecule has 0 radical (unpaired) electrons. The van der Waals surface area contributed by atoms with Gasteiger partial charge in [0.2, 0.25) is 5.91 Å². The molecule has 14 heavy (non-hydrogen) atoms. The SMILES string of the molecule is Cc1cc(CN(C)C(=O)CCCl)no1. The van der Waals surface area contributed by atoms with E-state index in [2.05, 4.69) is 5.16 Å². The van der Waals surface area contributed by atoms with E-state index in [1.807, 2.05) is 13.0 Å². The fraction of sp³-hybridized carbons (Fsp3) is 0.556. The van der Waals surface area contributed by atoms with Crippen LogP contribution in [0, 0.1) is 6.92 Å². The fourth-order valence-corrected chi connectivity index (χ4v) is 1.26. The van der Waals surface area contributed by atoms with Gasteiger partial charge in [-0.1, -0.05) is 5.16 Å². The largest absolute Gasteiger partial charge is 0.361 e. The summed E-state index contributed by atoms with van der Waals surface area (Å²) in [5, 5.41) is 3.80. The minimum absolute atomic E-state index is 0.0145. The molecule has 0 atom stereocenters. The van der Waals surface area contributed by atoms with Crippen molar-refractivity contribution in [3.05, 3.63) is 17.5 Å². The molecule has 1 rings (SSSR count). The molecule has 1 heterocycles. The van der Waals surface area contributed by atoms with Crippen molar-refractivity contribution in [3.63, 3.8) is 0 Å². The lowest BCUT2D eigenvalue weighted by Crippen LogP contribution is -2.26. The lowest BCUT2D eigenvalue weighted by Gasteiger charge is -2.14. The Morgan fingerprint density at radius 3 is 2.93 bits per heavy atom. The Labute approximate surface area is 87.8 Å². The highest BCUT2D eigenvalue weighted by Crippen LogP contribution is 2.05. The van der Waals surface area contributed by atoms with Gasteiger partial charge in [0.1, 0.15) is 11.5 Å². The Hall–Kier alpha value is -1.03. The molecule has 1 amide bonds. The number of nitrogens with zero attached hydrogens (tertiary/aromatic N) is 2. The van der Waals surface area contributed by atoms with Crippen LogP contribution in [0.1, 0.15) is 17.9 Å². The first kappa shape index (κ1) is 11.0. The highest BCUT2D eigenvalue weighted by atomic mass is 35.5. The molecular formula is C9H13ClN2O2.